The molecule has 0 aliphatic heterocycles. The van der Waals surface area contributed by atoms with Gasteiger partial charge in [-0.3, -0.25) is 0 Å². The van der Waals surface area contributed by atoms with Crippen molar-refractivity contribution in [1.29, 1.82) is 0 Å². The van der Waals surface area contributed by atoms with Gasteiger partial charge >= 0.3 is 0 Å². The van der Waals surface area contributed by atoms with E-state index in [-0.39, 0.29) is 23.1 Å². The van der Waals surface area contributed by atoms with Crippen molar-refractivity contribution in [2.45, 2.75) is 6.92 Å². The van der Waals surface area contributed by atoms with Crippen molar-refractivity contribution in [1.82, 2.24) is 0 Å². The third-order valence-electron chi connectivity index (χ3n) is 2.99. The van der Waals surface area contributed by atoms with Crippen LogP contribution in [-0.4, -0.2) is 28.5 Å². The molecule has 0 saturated carbocycles. The summed E-state index contributed by atoms with van der Waals surface area (Å²) in [6.45, 7) is 2.15. The van der Waals surface area contributed by atoms with Gasteiger partial charge in [-0.2, -0.15) is 0 Å². The summed E-state index contributed by atoms with van der Waals surface area (Å²) < 4.78 is 0. The van der Waals surface area contributed by atoms with E-state index < -0.39 is 0 Å². The fraction of sp³-hybridized carbons (Fsp3) is 0.200. The molecular weight excluding hydrogens is 292 g/mol. The Hall–Kier alpha value is -2.11. The summed E-state index contributed by atoms with van der Waals surface area (Å²) in [7, 11) is 0. The zero-order chi connectivity index (χ0) is 15.4. The van der Waals surface area contributed by atoms with E-state index in [0.29, 0.717) is 17.9 Å². The first kappa shape index (κ1) is 15.3. The van der Waals surface area contributed by atoms with Crippen LogP contribution in [0.4, 0.5) is 17.1 Å². The molecule has 0 fully saturated rings. The van der Waals surface area contributed by atoms with Gasteiger partial charge < -0.3 is 26.0 Å². The lowest BCUT2D eigenvalue weighted by Gasteiger charge is -2.15. The topological polar surface area (TPSA) is 84.8 Å². The molecule has 5 nitrogen and oxygen atoms in total. The quantitative estimate of drug-likeness (QED) is 0.548. The Morgan fingerprint density at radius 1 is 1.05 bits per heavy atom. The van der Waals surface area contributed by atoms with Crippen LogP contribution in [0.3, 0.4) is 0 Å². The number of aryl methyl sites for hydroxylation is 1. The van der Waals surface area contributed by atoms with Gasteiger partial charge in [0.15, 0.2) is 0 Å². The number of hydrogen-bond donors (Lipinski definition) is 5. The summed E-state index contributed by atoms with van der Waals surface area (Å²) in [6.07, 6.45) is 0. The summed E-state index contributed by atoms with van der Waals surface area (Å²) in [5.41, 5.74) is 2.82. The van der Waals surface area contributed by atoms with Gasteiger partial charge in [0.05, 0.1) is 23.0 Å². The highest BCUT2D eigenvalue weighted by Crippen LogP contribution is 2.34. The Kier molecular flexibility index (Phi) is 4.77. The molecule has 0 bridgehead atoms. The Morgan fingerprint density at radius 2 is 1.81 bits per heavy atom. The van der Waals surface area contributed by atoms with Crippen LogP contribution in [0.2, 0.25) is 5.02 Å². The van der Waals surface area contributed by atoms with Crippen molar-refractivity contribution in [3.05, 3.63) is 40.9 Å². The van der Waals surface area contributed by atoms with Gasteiger partial charge in [0.2, 0.25) is 0 Å². The lowest BCUT2D eigenvalue weighted by atomic mass is 10.1. The maximum Gasteiger partial charge on any atom is 0.134 e. The van der Waals surface area contributed by atoms with Crippen LogP contribution in [-0.2, 0) is 0 Å². The smallest absolute Gasteiger partial charge is 0.134 e. The van der Waals surface area contributed by atoms with Crippen LogP contribution in [0.15, 0.2) is 30.3 Å². The van der Waals surface area contributed by atoms with Gasteiger partial charge in [0.1, 0.15) is 11.5 Å². The van der Waals surface area contributed by atoms with Crippen molar-refractivity contribution in [3.63, 3.8) is 0 Å². The van der Waals surface area contributed by atoms with Gasteiger partial charge in [0.25, 0.3) is 0 Å². The first-order valence-electron chi connectivity index (χ1n) is 6.45. The van der Waals surface area contributed by atoms with Crippen molar-refractivity contribution < 1.29 is 15.3 Å². The Bertz CT molecular complexity index is 647. The van der Waals surface area contributed by atoms with Crippen LogP contribution in [0.5, 0.6) is 11.5 Å². The van der Waals surface area contributed by atoms with E-state index in [9.17, 15) is 10.2 Å². The summed E-state index contributed by atoms with van der Waals surface area (Å²) in [5, 5.41) is 34.6. The molecule has 2 aromatic rings. The second-order valence-electron chi connectivity index (χ2n) is 4.63. The van der Waals surface area contributed by atoms with Gasteiger partial charge in [-0.1, -0.05) is 11.6 Å². The first-order chi connectivity index (χ1) is 10.0. The van der Waals surface area contributed by atoms with Crippen molar-refractivity contribution >= 4 is 28.7 Å². The minimum atomic E-state index is -0.0148. The summed E-state index contributed by atoms with van der Waals surface area (Å²) >= 11 is 5.88. The van der Waals surface area contributed by atoms with Crippen molar-refractivity contribution in [2.24, 2.45) is 0 Å². The molecule has 2 aromatic carbocycles. The lowest BCUT2D eigenvalue weighted by molar-refractivity contribution is 0.311. The summed E-state index contributed by atoms with van der Waals surface area (Å²) in [6, 6.07) is 8.18. The number of anilines is 3. The molecular formula is C15H17ClN2O3. The van der Waals surface area contributed by atoms with Gasteiger partial charge in [0, 0.05) is 18.3 Å². The monoisotopic (exact) mass is 308 g/mol. The Balaban J connectivity index is 2.32. The first-order valence-corrected chi connectivity index (χ1v) is 6.83. The third-order valence-corrected chi connectivity index (χ3v) is 3.29. The second kappa shape index (κ2) is 6.56. The molecule has 0 aromatic heterocycles. The Morgan fingerprint density at radius 3 is 2.48 bits per heavy atom. The lowest BCUT2D eigenvalue weighted by Crippen LogP contribution is -2.07. The largest absolute Gasteiger partial charge is 0.508 e. The van der Waals surface area contributed by atoms with Crippen LogP contribution >= 0.6 is 11.6 Å². The molecule has 5 N–H and O–H groups in total. The van der Waals surface area contributed by atoms with Gasteiger partial charge in [-0.15, -0.1) is 0 Å². The minimum Gasteiger partial charge on any atom is -0.508 e. The normalized spacial score (nSPS) is 10.4. The SMILES string of the molecule is Cc1cc(Nc2ccc(O)c(Cl)c2)c(NCCO)cc1O. The standard InChI is InChI=1S/C15H17ClN2O3/c1-9-6-13(12(8-15(9)21)17-4-5-19)18-10-2-3-14(20)11(16)7-10/h2-3,6-8,17-21H,4-5H2,1H3. The maximum absolute atomic E-state index is 9.79. The predicted molar refractivity (Wildman–Crippen MR) is 84.8 cm³/mol. The van der Waals surface area contributed by atoms with E-state index in [1.165, 1.54) is 6.07 Å². The maximum atomic E-state index is 9.79. The molecule has 2 rings (SSSR count). The molecule has 0 aliphatic carbocycles. The molecule has 0 radical (unpaired) electrons. The van der Waals surface area contributed by atoms with Crippen LogP contribution in [0.25, 0.3) is 0 Å². The van der Waals surface area contributed by atoms with Crippen LogP contribution in [0, 0.1) is 6.92 Å². The highest BCUT2D eigenvalue weighted by molar-refractivity contribution is 6.32. The summed E-state index contributed by atoms with van der Waals surface area (Å²) in [4.78, 5) is 0. The third kappa shape index (κ3) is 3.71. The highest BCUT2D eigenvalue weighted by Gasteiger charge is 2.08. The fourth-order valence-corrected chi connectivity index (χ4v) is 2.06. The zero-order valence-corrected chi connectivity index (χ0v) is 12.3. The number of hydrogen-bond acceptors (Lipinski definition) is 5. The molecule has 0 unspecified atom stereocenters. The van der Waals surface area contributed by atoms with Gasteiger partial charge in [-0.25, -0.2) is 0 Å². The molecule has 0 spiro atoms. The average molecular weight is 309 g/mol. The molecule has 0 amide bonds. The molecule has 112 valence electrons. The van der Waals surface area contributed by atoms with Crippen molar-refractivity contribution in [3.8, 4) is 11.5 Å². The van der Waals surface area contributed by atoms with Crippen LogP contribution < -0.4 is 10.6 Å². The number of halogens is 1. The second-order valence-corrected chi connectivity index (χ2v) is 5.03. The highest BCUT2D eigenvalue weighted by atomic mass is 35.5. The average Bonchev–Trinajstić information content (AvgIpc) is 2.45. The number of aromatic hydroxyl groups is 2. The fourth-order valence-electron chi connectivity index (χ4n) is 1.88. The molecule has 6 heteroatoms. The van der Waals surface area contributed by atoms with E-state index in [4.69, 9.17) is 16.7 Å². The van der Waals surface area contributed by atoms with E-state index >= 15 is 0 Å². The zero-order valence-electron chi connectivity index (χ0n) is 11.5. The Labute approximate surface area is 127 Å². The number of phenols is 2. The molecule has 21 heavy (non-hydrogen) atoms. The van der Waals surface area contributed by atoms with E-state index in [1.54, 1.807) is 31.2 Å². The van der Waals surface area contributed by atoms with Crippen LogP contribution in [0.1, 0.15) is 5.56 Å². The number of benzene rings is 2. The molecule has 0 saturated heterocycles. The number of aliphatic hydroxyl groups excluding tert-OH is 1. The number of rotatable bonds is 5. The molecule has 0 heterocycles. The molecule has 0 atom stereocenters. The minimum absolute atomic E-state index is 0.0148. The van der Waals surface area contributed by atoms with Crippen molar-refractivity contribution in [2.75, 3.05) is 23.8 Å². The predicted octanol–water partition coefficient (Wildman–Crippen LogP) is 3.21. The summed E-state index contributed by atoms with van der Waals surface area (Å²) in [5.74, 6) is 0.187. The number of nitrogens with one attached hydrogen (secondary N) is 2. The number of aliphatic hydroxyl groups is 1. The van der Waals surface area contributed by atoms with E-state index in [0.717, 1.165) is 11.3 Å². The number of phenolic OH excluding ortho intramolecular Hbond substituents is 2. The molecule has 0 aliphatic rings. The van der Waals surface area contributed by atoms with E-state index in [2.05, 4.69) is 10.6 Å². The van der Waals surface area contributed by atoms with E-state index in [1.807, 2.05) is 0 Å². The van der Waals surface area contributed by atoms with Gasteiger partial charge in [-0.05, 0) is 36.8 Å².